The zero-order valence-corrected chi connectivity index (χ0v) is 16.5. The lowest BCUT2D eigenvalue weighted by atomic mass is 10.1. The third kappa shape index (κ3) is 4.72. The van der Waals surface area contributed by atoms with Crippen LogP contribution in [0.3, 0.4) is 0 Å². The summed E-state index contributed by atoms with van der Waals surface area (Å²) in [6.45, 7) is 0.998. The molecule has 0 saturated carbocycles. The van der Waals surface area contributed by atoms with E-state index >= 15 is 0 Å². The van der Waals surface area contributed by atoms with Gasteiger partial charge in [-0.3, -0.25) is 14.5 Å². The number of benzene rings is 2. The van der Waals surface area contributed by atoms with Crippen molar-refractivity contribution in [1.82, 2.24) is 4.98 Å². The molecule has 6 heteroatoms. The van der Waals surface area contributed by atoms with Gasteiger partial charge in [0.05, 0.1) is 6.54 Å². The number of ether oxygens (including phenoxy) is 1. The number of hydrogen-bond donors (Lipinski definition) is 1. The average molecular weight is 401 g/mol. The SMILES string of the molecule is O=C(Nc1cccc(C(=O)N(Cc2ccccc2)c2ccccn2)c1)C1CCCO1. The van der Waals surface area contributed by atoms with Crippen LogP contribution in [0.5, 0.6) is 0 Å². The van der Waals surface area contributed by atoms with Gasteiger partial charge < -0.3 is 10.1 Å². The van der Waals surface area contributed by atoms with Crippen molar-refractivity contribution in [1.29, 1.82) is 0 Å². The minimum absolute atomic E-state index is 0.178. The van der Waals surface area contributed by atoms with Gasteiger partial charge in [-0.2, -0.15) is 0 Å². The molecule has 0 aliphatic carbocycles. The molecule has 0 bridgehead atoms. The molecule has 1 N–H and O–H groups in total. The van der Waals surface area contributed by atoms with Crippen molar-refractivity contribution in [2.75, 3.05) is 16.8 Å². The maximum absolute atomic E-state index is 13.4. The lowest BCUT2D eigenvalue weighted by molar-refractivity contribution is -0.124. The smallest absolute Gasteiger partial charge is 0.259 e. The molecule has 0 radical (unpaired) electrons. The van der Waals surface area contributed by atoms with Crippen molar-refractivity contribution in [3.8, 4) is 0 Å². The first kappa shape index (κ1) is 19.8. The van der Waals surface area contributed by atoms with Crippen LogP contribution in [0.4, 0.5) is 11.5 Å². The third-order valence-electron chi connectivity index (χ3n) is 4.95. The van der Waals surface area contributed by atoms with Gasteiger partial charge in [0.2, 0.25) is 0 Å². The molecule has 2 aromatic carbocycles. The summed E-state index contributed by atoms with van der Waals surface area (Å²) in [7, 11) is 0. The van der Waals surface area contributed by atoms with Gasteiger partial charge in [0.25, 0.3) is 11.8 Å². The highest BCUT2D eigenvalue weighted by atomic mass is 16.5. The van der Waals surface area contributed by atoms with E-state index in [2.05, 4.69) is 10.3 Å². The third-order valence-corrected chi connectivity index (χ3v) is 4.95. The Labute approximate surface area is 175 Å². The van der Waals surface area contributed by atoms with Crippen molar-refractivity contribution in [3.63, 3.8) is 0 Å². The maximum atomic E-state index is 13.4. The Kier molecular flexibility index (Phi) is 6.15. The van der Waals surface area contributed by atoms with Gasteiger partial charge >= 0.3 is 0 Å². The number of hydrogen-bond acceptors (Lipinski definition) is 4. The standard InChI is InChI=1S/C24H23N3O3/c28-23(21-12-7-15-30-21)26-20-11-6-10-19(16-20)24(29)27(22-13-4-5-14-25-22)17-18-8-2-1-3-9-18/h1-6,8-11,13-14,16,21H,7,12,15,17H2,(H,26,28). The fourth-order valence-corrected chi connectivity index (χ4v) is 3.43. The number of pyridine rings is 1. The predicted molar refractivity (Wildman–Crippen MR) is 115 cm³/mol. The Morgan fingerprint density at radius 3 is 2.60 bits per heavy atom. The van der Waals surface area contributed by atoms with E-state index in [1.165, 1.54) is 0 Å². The number of nitrogens with zero attached hydrogens (tertiary/aromatic N) is 2. The van der Waals surface area contributed by atoms with Crippen LogP contribution in [-0.2, 0) is 16.1 Å². The van der Waals surface area contributed by atoms with E-state index in [1.54, 1.807) is 35.4 Å². The van der Waals surface area contributed by atoms with Gasteiger partial charge in [0, 0.05) is 24.1 Å². The highest BCUT2D eigenvalue weighted by molar-refractivity contribution is 6.06. The van der Waals surface area contributed by atoms with E-state index in [4.69, 9.17) is 4.74 Å². The Hall–Kier alpha value is -3.51. The fraction of sp³-hybridized carbons (Fsp3) is 0.208. The first-order valence-corrected chi connectivity index (χ1v) is 10.00. The highest BCUT2D eigenvalue weighted by Crippen LogP contribution is 2.21. The Morgan fingerprint density at radius 2 is 1.87 bits per heavy atom. The molecular weight excluding hydrogens is 378 g/mol. The lowest BCUT2D eigenvalue weighted by Gasteiger charge is -2.22. The zero-order valence-electron chi connectivity index (χ0n) is 16.5. The molecule has 1 saturated heterocycles. The van der Waals surface area contributed by atoms with Crippen LogP contribution < -0.4 is 10.2 Å². The lowest BCUT2D eigenvalue weighted by Crippen LogP contribution is -2.31. The molecule has 1 atom stereocenters. The van der Waals surface area contributed by atoms with E-state index in [0.717, 1.165) is 18.4 Å². The van der Waals surface area contributed by atoms with E-state index in [1.807, 2.05) is 48.5 Å². The second-order valence-electron chi connectivity index (χ2n) is 7.14. The minimum Gasteiger partial charge on any atom is -0.368 e. The summed E-state index contributed by atoms with van der Waals surface area (Å²) in [5.74, 6) is 0.203. The van der Waals surface area contributed by atoms with Gasteiger partial charge in [-0.25, -0.2) is 4.98 Å². The van der Waals surface area contributed by atoms with E-state index in [0.29, 0.717) is 30.2 Å². The second-order valence-corrected chi connectivity index (χ2v) is 7.14. The number of aromatic nitrogens is 1. The molecular formula is C24H23N3O3. The van der Waals surface area contributed by atoms with Crippen molar-refractivity contribution >= 4 is 23.3 Å². The van der Waals surface area contributed by atoms with Crippen LogP contribution in [-0.4, -0.2) is 29.5 Å². The number of nitrogens with one attached hydrogen (secondary N) is 1. The molecule has 30 heavy (non-hydrogen) atoms. The Bertz CT molecular complexity index is 1000. The summed E-state index contributed by atoms with van der Waals surface area (Å²) in [6, 6.07) is 22.2. The molecule has 1 aliphatic rings. The molecule has 4 rings (SSSR count). The van der Waals surface area contributed by atoms with Crippen LogP contribution in [0.15, 0.2) is 79.0 Å². The van der Waals surface area contributed by atoms with Gasteiger partial charge in [-0.15, -0.1) is 0 Å². The molecule has 152 valence electrons. The number of carbonyl (C=O) groups excluding carboxylic acids is 2. The topological polar surface area (TPSA) is 71.5 Å². The fourth-order valence-electron chi connectivity index (χ4n) is 3.43. The number of amides is 2. The molecule has 6 nitrogen and oxygen atoms in total. The first-order valence-electron chi connectivity index (χ1n) is 10.00. The van der Waals surface area contributed by atoms with Gasteiger partial charge in [-0.1, -0.05) is 42.5 Å². The van der Waals surface area contributed by atoms with Crippen LogP contribution in [0, 0.1) is 0 Å². The summed E-state index contributed by atoms with van der Waals surface area (Å²) >= 11 is 0. The van der Waals surface area contributed by atoms with E-state index in [-0.39, 0.29) is 11.8 Å². The van der Waals surface area contributed by atoms with Gasteiger partial charge in [-0.05, 0) is 48.7 Å². The minimum atomic E-state index is -0.424. The number of rotatable bonds is 6. The summed E-state index contributed by atoms with van der Waals surface area (Å²) in [6.07, 6.45) is 2.84. The summed E-state index contributed by atoms with van der Waals surface area (Å²) in [5, 5.41) is 2.86. The maximum Gasteiger partial charge on any atom is 0.259 e. The van der Waals surface area contributed by atoms with Crippen LogP contribution in [0.25, 0.3) is 0 Å². The van der Waals surface area contributed by atoms with Crippen LogP contribution >= 0.6 is 0 Å². The molecule has 1 fully saturated rings. The zero-order chi connectivity index (χ0) is 20.8. The van der Waals surface area contributed by atoms with E-state index in [9.17, 15) is 9.59 Å². The molecule has 1 aromatic heterocycles. The molecule has 1 unspecified atom stereocenters. The predicted octanol–water partition coefficient (Wildman–Crippen LogP) is 4.05. The number of anilines is 2. The van der Waals surface area contributed by atoms with Crippen molar-refractivity contribution < 1.29 is 14.3 Å². The quantitative estimate of drug-likeness (QED) is 0.677. The summed E-state index contributed by atoms with van der Waals surface area (Å²) < 4.78 is 5.43. The van der Waals surface area contributed by atoms with Gasteiger partial charge in [0.1, 0.15) is 11.9 Å². The average Bonchev–Trinajstić information content (AvgIpc) is 3.34. The Balaban J connectivity index is 1.57. The highest BCUT2D eigenvalue weighted by Gasteiger charge is 2.24. The monoisotopic (exact) mass is 401 g/mol. The summed E-state index contributed by atoms with van der Waals surface area (Å²) in [4.78, 5) is 31.7. The Morgan fingerprint density at radius 1 is 1.03 bits per heavy atom. The molecule has 3 aromatic rings. The van der Waals surface area contributed by atoms with Crippen molar-refractivity contribution in [2.45, 2.75) is 25.5 Å². The largest absolute Gasteiger partial charge is 0.368 e. The van der Waals surface area contributed by atoms with Crippen LogP contribution in [0.1, 0.15) is 28.8 Å². The normalized spacial score (nSPS) is 15.5. The first-order chi connectivity index (χ1) is 14.7. The number of carbonyl (C=O) groups is 2. The van der Waals surface area contributed by atoms with Crippen molar-refractivity contribution in [3.05, 3.63) is 90.1 Å². The molecule has 0 spiro atoms. The summed E-state index contributed by atoms with van der Waals surface area (Å²) in [5.41, 5.74) is 2.04. The molecule has 2 amide bonds. The van der Waals surface area contributed by atoms with E-state index < -0.39 is 6.10 Å². The van der Waals surface area contributed by atoms with Gasteiger partial charge in [0.15, 0.2) is 0 Å². The van der Waals surface area contributed by atoms with Crippen LogP contribution in [0.2, 0.25) is 0 Å². The second kappa shape index (κ2) is 9.33. The molecule has 1 aliphatic heterocycles. The molecule has 2 heterocycles. The van der Waals surface area contributed by atoms with Crippen molar-refractivity contribution in [2.24, 2.45) is 0 Å².